The number of fused-ring (bicyclic) bond motifs is 1. The van der Waals surface area contributed by atoms with E-state index in [0.29, 0.717) is 6.61 Å². The van der Waals surface area contributed by atoms with Gasteiger partial charge in [0.05, 0.1) is 0 Å². The van der Waals surface area contributed by atoms with Crippen molar-refractivity contribution in [3.05, 3.63) is 34.9 Å². The summed E-state index contributed by atoms with van der Waals surface area (Å²) >= 11 is 0. The zero-order chi connectivity index (χ0) is 9.10. The van der Waals surface area contributed by atoms with Gasteiger partial charge in [-0.1, -0.05) is 18.2 Å². The number of rotatable bonds is 3. The SMILES string of the molecule is OCCCc1ccc2c(c1)CCC2. The molecule has 70 valence electrons. The van der Waals surface area contributed by atoms with Crippen molar-refractivity contribution in [2.45, 2.75) is 32.1 Å². The molecule has 0 heterocycles. The Labute approximate surface area is 79.4 Å². The summed E-state index contributed by atoms with van der Waals surface area (Å²) < 4.78 is 0. The molecule has 0 atom stereocenters. The molecule has 0 bridgehead atoms. The third kappa shape index (κ3) is 1.92. The van der Waals surface area contributed by atoms with E-state index in [0.717, 1.165) is 12.8 Å². The van der Waals surface area contributed by atoms with Crippen LogP contribution in [0.25, 0.3) is 0 Å². The van der Waals surface area contributed by atoms with E-state index in [4.69, 9.17) is 5.11 Å². The van der Waals surface area contributed by atoms with Crippen LogP contribution in [-0.2, 0) is 19.3 Å². The van der Waals surface area contributed by atoms with Crippen molar-refractivity contribution in [1.82, 2.24) is 0 Å². The van der Waals surface area contributed by atoms with Gasteiger partial charge in [0.1, 0.15) is 0 Å². The Balaban J connectivity index is 2.12. The molecule has 1 nitrogen and oxygen atoms in total. The second kappa shape index (κ2) is 3.93. The van der Waals surface area contributed by atoms with Crippen LogP contribution in [0.2, 0.25) is 0 Å². The van der Waals surface area contributed by atoms with Crippen LogP contribution in [0.3, 0.4) is 0 Å². The molecule has 0 aromatic heterocycles. The Hall–Kier alpha value is -0.820. The molecule has 1 aliphatic carbocycles. The lowest BCUT2D eigenvalue weighted by molar-refractivity contribution is 0.288. The number of aryl methyl sites for hydroxylation is 3. The van der Waals surface area contributed by atoms with Crippen LogP contribution in [-0.4, -0.2) is 11.7 Å². The van der Waals surface area contributed by atoms with Crippen LogP contribution >= 0.6 is 0 Å². The van der Waals surface area contributed by atoms with E-state index in [1.54, 1.807) is 0 Å². The standard InChI is InChI=1S/C12H16O/c13-8-2-3-10-6-7-11-4-1-5-12(11)9-10/h6-7,9,13H,1-5,8H2. The summed E-state index contributed by atoms with van der Waals surface area (Å²) in [6.07, 6.45) is 5.74. The fraction of sp³-hybridized carbons (Fsp3) is 0.500. The average molecular weight is 176 g/mol. The monoisotopic (exact) mass is 176 g/mol. The predicted molar refractivity (Wildman–Crippen MR) is 53.9 cm³/mol. The van der Waals surface area contributed by atoms with Crippen molar-refractivity contribution in [1.29, 1.82) is 0 Å². The van der Waals surface area contributed by atoms with Crippen molar-refractivity contribution >= 4 is 0 Å². The molecule has 0 fully saturated rings. The van der Waals surface area contributed by atoms with Gasteiger partial charge in [0, 0.05) is 6.61 Å². The van der Waals surface area contributed by atoms with Crippen LogP contribution in [0.1, 0.15) is 29.5 Å². The third-order valence-corrected chi connectivity index (χ3v) is 2.79. The molecular weight excluding hydrogens is 160 g/mol. The second-order valence-electron chi connectivity index (χ2n) is 3.78. The Kier molecular flexibility index (Phi) is 2.65. The molecule has 0 aliphatic heterocycles. The molecule has 1 heteroatoms. The van der Waals surface area contributed by atoms with Crippen LogP contribution < -0.4 is 0 Å². The molecular formula is C12H16O. The normalized spacial score (nSPS) is 14.5. The van der Waals surface area contributed by atoms with Gasteiger partial charge in [-0.3, -0.25) is 0 Å². The summed E-state index contributed by atoms with van der Waals surface area (Å²) in [5.74, 6) is 0. The van der Waals surface area contributed by atoms with Gasteiger partial charge in [0.2, 0.25) is 0 Å². The highest BCUT2D eigenvalue weighted by atomic mass is 16.2. The summed E-state index contributed by atoms with van der Waals surface area (Å²) in [6, 6.07) is 6.78. The van der Waals surface area contributed by atoms with Crippen LogP contribution in [0.4, 0.5) is 0 Å². The Morgan fingerprint density at radius 2 is 2.00 bits per heavy atom. The van der Waals surface area contributed by atoms with Crippen molar-refractivity contribution in [2.75, 3.05) is 6.61 Å². The van der Waals surface area contributed by atoms with Crippen LogP contribution in [0.5, 0.6) is 0 Å². The topological polar surface area (TPSA) is 20.2 Å². The molecule has 1 aromatic carbocycles. The highest BCUT2D eigenvalue weighted by Gasteiger charge is 2.10. The van der Waals surface area contributed by atoms with Gasteiger partial charge in [-0.15, -0.1) is 0 Å². The third-order valence-electron chi connectivity index (χ3n) is 2.79. The summed E-state index contributed by atoms with van der Waals surface area (Å²) in [7, 11) is 0. The summed E-state index contributed by atoms with van der Waals surface area (Å²) in [4.78, 5) is 0. The molecule has 1 N–H and O–H groups in total. The van der Waals surface area contributed by atoms with Gasteiger partial charge in [-0.2, -0.15) is 0 Å². The van der Waals surface area contributed by atoms with Gasteiger partial charge in [0.25, 0.3) is 0 Å². The predicted octanol–water partition coefficient (Wildman–Crippen LogP) is 2.10. The zero-order valence-electron chi connectivity index (χ0n) is 7.92. The van der Waals surface area contributed by atoms with Gasteiger partial charge in [-0.25, -0.2) is 0 Å². The lowest BCUT2D eigenvalue weighted by Crippen LogP contribution is -1.91. The molecule has 1 aromatic rings. The molecule has 0 unspecified atom stereocenters. The first kappa shape index (κ1) is 8.76. The zero-order valence-corrected chi connectivity index (χ0v) is 7.92. The van der Waals surface area contributed by atoms with Crippen molar-refractivity contribution < 1.29 is 5.11 Å². The Morgan fingerprint density at radius 3 is 2.85 bits per heavy atom. The first-order valence-electron chi connectivity index (χ1n) is 5.11. The molecule has 0 saturated carbocycles. The summed E-state index contributed by atoms with van der Waals surface area (Å²) in [5, 5.41) is 8.72. The Bertz CT molecular complexity index is 291. The minimum atomic E-state index is 0.303. The minimum Gasteiger partial charge on any atom is -0.396 e. The molecule has 0 radical (unpaired) electrons. The number of aliphatic hydroxyl groups is 1. The van der Waals surface area contributed by atoms with E-state index >= 15 is 0 Å². The maximum absolute atomic E-state index is 8.72. The van der Waals surface area contributed by atoms with Crippen molar-refractivity contribution in [3.63, 3.8) is 0 Å². The first-order valence-corrected chi connectivity index (χ1v) is 5.11. The maximum Gasteiger partial charge on any atom is 0.0434 e. The summed E-state index contributed by atoms with van der Waals surface area (Å²) in [6.45, 7) is 0.303. The van der Waals surface area contributed by atoms with E-state index < -0.39 is 0 Å². The van der Waals surface area contributed by atoms with Crippen molar-refractivity contribution in [3.8, 4) is 0 Å². The highest BCUT2D eigenvalue weighted by Crippen LogP contribution is 2.23. The molecule has 1 aliphatic rings. The van der Waals surface area contributed by atoms with E-state index in [9.17, 15) is 0 Å². The Morgan fingerprint density at radius 1 is 1.15 bits per heavy atom. The summed E-state index contributed by atoms with van der Waals surface area (Å²) in [5.41, 5.74) is 4.46. The van der Waals surface area contributed by atoms with Gasteiger partial charge in [-0.05, 0) is 48.8 Å². The van der Waals surface area contributed by atoms with Gasteiger partial charge < -0.3 is 5.11 Å². The van der Waals surface area contributed by atoms with E-state index in [-0.39, 0.29) is 0 Å². The van der Waals surface area contributed by atoms with Crippen LogP contribution in [0, 0.1) is 0 Å². The number of aliphatic hydroxyl groups excluding tert-OH is 1. The van der Waals surface area contributed by atoms with Gasteiger partial charge >= 0.3 is 0 Å². The van der Waals surface area contributed by atoms with Crippen LogP contribution in [0.15, 0.2) is 18.2 Å². The number of hydrogen-bond donors (Lipinski definition) is 1. The maximum atomic E-state index is 8.72. The fourth-order valence-electron chi connectivity index (χ4n) is 2.06. The fourth-order valence-corrected chi connectivity index (χ4v) is 2.06. The van der Waals surface area contributed by atoms with E-state index in [1.165, 1.54) is 36.0 Å². The molecule has 13 heavy (non-hydrogen) atoms. The molecule has 0 spiro atoms. The smallest absolute Gasteiger partial charge is 0.0434 e. The lowest BCUT2D eigenvalue weighted by atomic mass is 10.0. The largest absolute Gasteiger partial charge is 0.396 e. The van der Waals surface area contributed by atoms with E-state index in [1.807, 2.05) is 0 Å². The molecule has 0 saturated heterocycles. The quantitative estimate of drug-likeness (QED) is 0.747. The highest BCUT2D eigenvalue weighted by molar-refractivity contribution is 5.35. The minimum absolute atomic E-state index is 0.303. The number of benzene rings is 1. The van der Waals surface area contributed by atoms with Gasteiger partial charge in [0.15, 0.2) is 0 Å². The second-order valence-corrected chi connectivity index (χ2v) is 3.78. The number of hydrogen-bond acceptors (Lipinski definition) is 1. The van der Waals surface area contributed by atoms with Crippen molar-refractivity contribution in [2.24, 2.45) is 0 Å². The van der Waals surface area contributed by atoms with E-state index in [2.05, 4.69) is 18.2 Å². The first-order chi connectivity index (χ1) is 6.40. The molecule has 2 rings (SSSR count). The lowest BCUT2D eigenvalue weighted by Gasteiger charge is -2.03. The average Bonchev–Trinajstić information content (AvgIpc) is 2.61. The molecule has 0 amide bonds.